The molecule has 0 radical (unpaired) electrons. The molecule has 20 heavy (non-hydrogen) atoms. The Morgan fingerprint density at radius 2 is 2.30 bits per heavy atom. The molecule has 4 nitrogen and oxygen atoms in total. The number of rotatable bonds is 3. The van der Waals surface area contributed by atoms with E-state index in [4.69, 9.17) is 5.26 Å². The lowest BCUT2D eigenvalue weighted by atomic mass is 9.57. The highest BCUT2D eigenvalue weighted by atomic mass is 79.9. The van der Waals surface area contributed by atoms with Crippen molar-refractivity contribution in [2.75, 3.05) is 0 Å². The predicted molar refractivity (Wildman–Crippen MR) is 78.9 cm³/mol. The van der Waals surface area contributed by atoms with E-state index in [2.05, 4.69) is 50.4 Å². The molecule has 2 aromatic rings. The second-order valence-electron chi connectivity index (χ2n) is 5.49. The molecule has 0 bridgehead atoms. The van der Waals surface area contributed by atoms with Gasteiger partial charge in [0.1, 0.15) is 12.2 Å². The first-order chi connectivity index (χ1) is 9.65. The van der Waals surface area contributed by atoms with Crippen LogP contribution in [0.15, 0.2) is 35.1 Å². The van der Waals surface area contributed by atoms with E-state index in [1.54, 1.807) is 6.33 Å². The predicted octanol–water partition coefficient (Wildman–Crippen LogP) is 3.19. The highest BCUT2D eigenvalue weighted by Gasteiger charge is 2.49. The van der Waals surface area contributed by atoms with E-state index in [1.807, 2.05) is 17.7 Å². The number of nitriles is 1. The minimum atomic E-state index is -0.101. The second-order valence-corrected chi connectivity index (χ2v) is 6.41. The summed E-state index contributed by atoms with van der Waals surface area (Å²) >= 11 is 3.54. The summed E-state index contributed by atoms with van der Waals surface area (Å²) in [6.07, 6.45) is 4.29. The molecule has 0 N–H and O–H groups in total. The average Bonchev–Trinajstić information content (AvgIpc) is 2.80. The van der Waals surface area contributed by atoms with Crippen molar-refractivity contribution < 1.29 is 0 Å². The van der Waals surface area contributed by atoms with Crippen LogP contribution in [0.2, 0.25) is 0 Å². The lowest BCUT2D eigenvalue weighted by molar-refractivity contribution is 0.172. The van der Waals surface area contributed by atoms with Gasteiger partial charge < -0.3 is 4.57 Å². The molecule has 1 fully saturated rings. The van der Waals surface area contributed by atoms with Gasteiger partial charge in [0.05, 0.1) is 11.5 Å². The molecule has 0 spiro atoms. The normalized spacial score (nSPS) is 24.9. The molecular formula is C15H15BrN4. The summed E-state index contributed by atoms with van der Waals surface area (Å²) < 4.78 is 3.06. The third-order valence-electron chi connectivity index (χ3n) is 4.17. The highest BCUT2D eigenvalue weighted by Crippen LogP contribution is 2.52. The van der Waals surface area contributed by atoms with Gasteiger partial charge in [-0.25, -0.2) is 0 Å². The number of aromatic nitrogens is 3. The highest BCUT2D eigenvalue weighted by molar-refractivity contribution is 9.10. The van der Waals surface area contributed by atoms with Crippen LogP contribution in [-0.4, -0.2) is 14.8 Å². The molecule has 5 heteroatoms. The first-order valence-corrected chi connectivity index (χ1v) is 7.42. The molecule has 0 saturated heterocycles. The summed E-state index contributed by atoms with van der Waals surface area (Å²) in [6.45, 7) is 0. The van der Waals surface area contributed by atoms with Crippen molar-refractivity contribution in [1.82, 2.24) is 14.8 Å². The van der Waals surface area contributed by atoms with E-state index >= 15 is 0 Å². The van der Waals surface area contributed by atoms with Gasteiger partial charge in [-0.3, -0.25) is 0 Å². The van der Waals surface area contributed by atoms with Crippen LogP contribution < -0.4 is 0 Å². The van der Waals surface area contributed by atoms with Crippen LogP contribution in [0.1, 0.15) is 30.7 Å². The number of aryl methyl sites for hydroxylation is 1. The van der Waals surface area contributed by atoms with Crippen LogP contribution in [0.4, 0.5) is 0 Å². The number of benzene rings is 1. The van der Waals surface area contributed by atoms with Crippen molar-refractivity contribution in [2.24, 2.45) is 13.0 Å². The summed E-state index contributed by atoms with van der Waals surface area (Å²) in [4.78, 5) is 0. The number of hydrogen-bond acceptors (Lipinski definition) is 3. The van der Waals surface area contributed by atoms with Gasteiger partial charge in [-0.1, -0.05) is 28.1 Å². The van der Waals surface area contributed by atoms with Crippen LogP contribution in [0, 0.1) is 17.2 Å². The number of halogens is 1. The maximum absolute atomic E-state index is 8.88. The molecular weight excluding hydrogens is 316 g/mol. The van der Waals surface area contributed by atoms with Gasteiger partial charge in [0.15, 0.2) is 0 Å². The average molecular weight is 331 g/mol. The summed E-state index contributed by atoms with van der Waals surface area (Å²) in [5.41, 5.74) is 1.15. The molecule has 1 aromatic carbocycles. The molecule has 1 saturated carbocycles. The molecule has 0 unspecified atom stereocenters. The van der Waals surface area contributed by atoms with Crippen LogP contribution >= 0.6 is 15.9 Å². The Balaban J connectivity index is 2.03. The monoisotopic (exact) mass is 330 g/mol. The van der Waals surface area contributed by atoms with Crippen molar-refractivity contribution >= 4 is 15.9 Å². The van der Waals surface area contributed by atoms with Gasteiger partial charge in [-0.2, -0.15) is 5.26 Å². The Hall–Kier alpha value is -1.67. The summed E-state index contributed by atoms with van der Waals surface area (Å²) in [6, 6.07) is 10.6. The lowest BCUT2D eigenvalue weighted by Crippen LogP contribution is -2.44. The summed E-state index contributed by atoms with van der Waals surface area (Å²) in [5.74, 6) is 1.44. The molecule has 1 aromatic heterocycles. The van der Waals surface area contributed by atoms with Crippen LogP contribution in [0.25, 0.3) is 0 Å². The van der Waals surface area contributed by atoms with Crippen LogP contribution in [-0.2, 0) is 12.5 Å². The van der Waals surface area contributed by atoms with Crippen molar-refractivity contribution in [3.05, 3.63) is 46.5 Å². The third-order valence-corrected chi connectivity index (χ3v) is 4.66. The van der Waals surface area contributed by atoms with E-state index in [0.717, 1.165) is 23.1 Å². The van der Waals surface area contributed by atoms with E-state index < -0.39 is 0 Å². The number of nitrogens with zero attached hydrogens (tertiary/aromatic N) is 4. The summed E-state index contributed by atoms with van der Waals surface area (Å²) in [7, 11) is 1.98. The van der Waals surface area contributed by atoms with Crippen LogP contribution in [0.5, 0.6) is 0 Å². The largest absolute Gasteiger partial charge is 0.320 e. The van der Waals surface area contributed by atoms with E-state index in [1.165, 1.54) is 5.56 Å². The minimum Gasteiger partial charge on any atom is -0.320 e. The quantitative estimate of drug-likeness (QED) is 0.868. The van der Waals surface area contributed by atoms with Gasteiger partial charge in [0, 0.05) is 17.9 Å². The van der Waals surface area contributed by atoms with Gasteiger partial charge in [0.2, 0.25) is 0 Å². The first kappa shape index (κ1) is 13.3. The van der Waals surface area contributed by atoms with Gasteiger partial charge in [0.25, 0.3) is 0 Å². The molecule has 1 heterocycles. The van der Waals surface area contributed by atoms with Crippen LogP contribution in [0.3, 0.4) is 0 Å². The van der Waals surface area contributed by atoms with Gasteiger partial charge in [-0.15, -0.1) is 10.2 Å². The fourth-order valence-electron chi connectivity index (χ4n) is 3.25. The zero-order chi connectivity index (χ0) is 14.2. The van der Waals surface area contributed by atoms with Crippen molar-refractivity contribution in [1.29, 1.82) is 5.26 Å². The van der Waals surface area contributed by atoms with E-state index in [-0.39, 0.29) is 5.41 Å². The standard InChI is InChI=1S/C15H15BrN4/c1-20-10-18-19-14(20)15(8-11(9-15)5-6-17)12-3-2-4-13(16)7-12/h2-4,7,10-11H,5,8-9H2,1H3/t11-,15+. The topological polar surface area (TPSA) is 54.5 Å². The zero-order valence-corrected chi connectivity index (χ0v) is 12.8. The fraction of sp³-hybridized carbons (Fsp3) is 0.400. The van der Waals surface area contributed by atoms with Gasteiger partial charge in [-0.05, 0) is 36.5 Å². The maximum Gasteiger partial charge on any atom is 0.143 e. The molecule has 0 aliphatic heterocycles. The Morgan fingerprint density at radius 1 is 1.50 bits per heavy atom. The fourth-order valence-corrected chi connectivity index (χ4v) is 3.65. The molecule has 1 aliphatic rings. The lowest BCUT2D eigenvalue weighted by Gasteiger charge is -2.46. The molecule has 0 atom stereocenters. The van der Waals surface area contributed by atoms with E-state index in [0.29, 0.717) is 12.3 Å². The SMILES string of the molecule is Cn1cnnc1[C@]1(c2cccc(Br)c2)C[C@H](CC#N)C1. The van der Waals surface area contributed by atoms with Crippen molar-refractivity contribution in [3.63, 3.8) is 0 Å². The molecule has 102 valence electrons. The summed E-state index contributed by atoms with van der Waals surface area (Å²) in [5, 5.41) is 17.2. The molecule has 0 amide bonds. The molecule has 3 rings (SSSR count). The Labute approximate surface area is 126 Å². The van der Waals surface area contributed by atoms with Crippen molar-refractivity contribution in [3.8, 4) is 6.07 Å². The third kappa shape index (κ3) is 2.04. The number of hydrogen-bond donors (Lipinski definition) is 0. The first-order valence-electron chi connectivity index (χ1n) is 6.63. The Bertz CT molecular complexity index is 665. The van der Waals surface area contributed by atoms with E-state index in [9.17, 15) is 0 Å². The second kappa shape index (κ2) is 5.02. The minimum absolute atomic E-state index is 0.101. The zero-order valence-electron chi connectivity index (χ0n) is 11.3. The smallest absolute Gasteiger partial charge is 0.143 e. The molecule has 1 aliphatic carbocycles. The van der Waals surface area contributed by atoms with Crippen molar-refractivity contribution in [2.45, 2.75) is 24.7 Å². The van der Waals surface area contributed by atoms with Gasteiger partial charge >= 0.3 is 0 Å². The maximum atomic E-state index is 8.88. The Morgan fingerprint density at radius 3 is 2.90 bits per heavy atom. The Kier molecular flexibility index (Phi) is 3.35.